The molecule has 2 aromatic carbocycles. The monoisotopic (exact) mass is 295 g/mol. The molecule has 3 rings (SSSR count). The number of carbonyl (C=O) groups is 1. The summed E-state index contributed by atoms with van der Waals surface area (Å²) in [7, 11) is 0. The first-order valence-electron chi connectivity index (χ1n) is 7.13. The molecule has 0 spiro atoms. The Morgan fingerprint density at radius 3 is 2.68 bits per heavy atom. The Kier molecular flexibility index (Phi) is 3.78. The number of fused-ring (bicyclic) bond motifs is 1. The largest absolute Gasteiger partial charge is 0.352 e. The number of rotatable bonds is 4. The topological polar surface area (TPSA) is 77.8 Å². The maximum atomic E-state index is 12.0. The lowest BCUT2D eigenvalue weighted by molar-refractivity contribution is -0.120. The Morgan fingerprint density at radius 2 is 1.86 bits per heavy atom. The number of hydrogen-bond donors (Lipinski definition) is 3. The van der Waals surface area contributed by atoms with Gasteiger partial charge in [-0.05, 0) is 30.2 Å². The van der Waals surface area contributed by atoms with E-state index in [-0.39, 0.29) is 11.6 Å². The van der Waals surface area contributed by atoms with Crippen LogP contribution in [0, 0.1) is 6.92 Å². The maximum absolute atomic E-state index is 12.0. The quantitative estimate of drug-likeness (QED) is 0.688. The van der Waals surface area contributed by atoms with Crippen molar-refractivity contribution in [1.82, 2.24) is 15.3 Å². The highest BCUT2D eigenvalue weighted by Gasteiger charge is 2.05. The number of aromatic nitrogens is 2. The van der Waals surface area contributed by atoms with Crippen LogP contribution in [0.4, 0.5) is 0 Å². The highest BCUT2D eigenvalue weighted by molar-refractivity contribution is 5.79. The summed E-state index contributed by atoms with van der Waals surface area (Å²) in [5, 5.41) is 2.90. The number of nitrogens with one attached hydrogen (secondary N) is 3. The normalized spacial score (nSPS) is 10.8. The molecule has 1 heterocycles. The van der Waals surface area contributed by atoms with Crippen LogP contribution in [0.15, 0.2) is 47.3 Å². The van der Waals surface area contributed by atoms with Crippen LogP contribution in [0.2, 0.25) is 0 Å². The third kappa shape index (κ3) is 3.25. The Balaban J connectivity index is 1.63. The Bertz CT molecular complexity index is 877. The predicted molar refractivity (Wildman–Crippen MR) is 85.6 cm³/mol. The second kappa shape index (κ2) is 5.89. The molecular weight excluding hydrogens is 278 g/mol. The highest BCUT2D eigenvalue weighted by atomic mass is 16.1. The highest BCUT2D eigenvalue weighted by Crippen LogP contribution is 2.10. The molecule has 5 nitrogen and oxygen atoms in total. The number of aromatic amines is 2. The van der Waals surface area contributed by atoms with Crippen LogP contribution in [-0.4, -0.2) is 15.9 Å². The van der Waals surface area contributed by atoms with E-state index in [1.807, 2.05) is 49.4 Å². The Morgan fingerprint density at radius 1 is 1.05 bits per heavy atom. The summed E-state index contributed by atoms with van der Waals surface area (Å²) in [5.74, 6) is -0.0201. The van der Waals surface area contributed by atoms with Crippen LogP contribution in [0.1, 0.15) is 16.7 Å². The zero-order chi connectivity index (χ0) is 15.5. The molecule has 112 valence electrons. The number of H-pyrrole nitrogens is 2. The van der Waals surface area contributed by atoms with Crippen molar-refractivity contribution in [2.45, 2.75) is 19.9 Å². The van der Waals surface area contributed by atoms with Crippen molar-refractivity contribution in [2.24, 2.45) is 0 Å². The molecule has 0 fully saturated rings. The van der Waals surface area contributed by atoms with Gasteiger partial charge in [-0.1, -0.05) is 35.9 Å². The van der Waals surface area contributed by atoms with Crippen molar-refractivity contribution in [3.8, 4) is 0 Å². The van der Waals surface area contributed by atoms with Gasteiger partial charge in [-0.15, -0.1) is 0 Å². The third-order valence-corrected chi connectivity index (χ3v) is 3.52. The first kappa shape index (κ1) is 14.1. The molecule has 1 amide bonds. The summed E-state index contributed by atoms with van der Waals surface area (Å²) in [6.07, 6.45) is 0.366. The molecule has 3 N–H and O–H groups in total. The SMILES string of the molecule is Cc1cccc(CC(=O)NCc2ccc3[nH]c(=O)[nH]c3c2)c1. The summed E-state index contributed by atoms with van der Waals surface area (Å²) >= 11 is 0. The average molecular weight is 295 g/mol. The first-order chi connectivity index (χ1) is 10.6. The van der Waals surface area contributed by atoms with Gasteiger partial charge in [0, 0.05) is 6.54 Å². The van der Waals surface area contributed by atoms with Crippen molar-refractivity contribution in [2.75, 3.05) is 0 Å². The summed E-state index contributed by atoms with van der Waals surface area (Å²) in [5.41, 5.74) is 4.38. The molecule has 0 bridgehead atoms. The lowest BCUT2D eigenvalue weighted by Gasteiger charge is -2.06. The number of carbonyl (C=O) groups excluding carboxylic acids is 1. The summed E-state index contributed by atoms with van der Waals surface area (Å²) in [6, 6.07) is 13.5. The van der Waals surface area contributed by atoms with Gasteiger partial charge in [-0.25, -0.2) is 4.79 Å². The second-order valence-corrected chi connectivity index (χ2v) is 5.40. The molecule has 0 atom stereocenters. The molecule has 3 aromatic rings. The molecule has 0 aliphatic carbocycles. The van der Waals surface area contributed by atoms with Gasteiger partial charge < -0.3 is 15.3 Å². The van der Waals surface area contributed by atoms with Gasteiger partial charge in [0.15, 0.2) is 0 Å². The molecule has 0 saturated carbocycles. The molecule has 5 heteroatoms. The Labute approximate surface area is 127 Å². The number of aryl methyl sites for hydroxylation is 1. The molecule has 0 saturated heterocycles. The van der Waals surface area contributed by atoms with E-state index in [1.54, 1.807) is 0 Å². The van der Waals surface area contributed by atoms with Gasteiger partial charge in [-0.3, -0.25) is 4.79 Å². The fourth-order valence-corrected chi connectivity index (χ4v) is 2.46. The smallest absolute Gasteiger partial charge is 0.323 e. The van der Waals surface area contributed by atoms with Crippen molar-refractivity contribution in [1.29, 1.82) is 0 Å². The van der Waals surface area contributed by atoms with E-state index in [4.69, 9.17) is 0 Å². The van der Waals surface area contributed by atoms with Gasteiger partial charge >= 0.3 is 5.69 Å². The van der Waals surface area contributed by atoms with Gasteiger partial charge in [0.05, 0.1) is 17.5 Å². The van der Waals surface area contributed by atoms with Gasteiger partial charge in [0.2, 0.25) is 5.91 Å². The number of amides is 1. The molecule has 0 aliphatic rings. The van der Waals surface area contributed by atoms with Crippen LogP contribution in [0.25, 0.3) is 11.0 Å². The lowest BCUT2D eigenvalue weighted by atomic mass is 10.1. The van der Waals surface area contributed by atoms with Crippen LogP contribution in [0.5, 0.6) is 0 Å². The summed E-state index contributed by atoms with van der Waals surface area (Å²) in [6.45, 7) is 2.45. The molecule has 1 aromatic heterocycles. The third-order valence-electron chi connectivity index (χ3n) is 3.52. The van der Waals surface area contributed by atoms with E-state index < -0.39 is 0 Å². The van der Waals surface area contributed by atoms with Gasteiger partial charge in [-0.2, -0.15) is 0 Å². The summed E-state index contributed by atoms with van der Waals surface area (Å²) < 4.78 is 0. The molecule has 0 radical (unpaired) electrons. The van der Waals surface area contributed by atoms with Gasteiger partial charge in [0.25, 0.3) is 0 Å². The molecule has 0 aliphatic heterocycles. The number of hydrogen-bond acceptors (Lipinski definition) is 2. The minimum Gasteiger partial charge on any atom is -0.352 e. The fraction of sp³-hybridized carbons (Fsp3) is 0.176. The molecule has 22 heavy (non-hydrogen) atoms. The molecular formula is C17H17N3O2. The van der Waals surface area contributed by atoms with Crippen LogP contribution >= 0.6 is 0 Å². The predicted octanol–water partition coefficient (Wildman–Crippen LogP) is 2.02. The molecule has 0 unspecified atom stereocenters. The Hall–Kier alpha value is -2.82. The summed E-state index contributed by atoms with van der Waals surface area (Å²) in [4.78, 5) is 28.6. The lowest BCUT2D eigenvalue weighted by Crippen LogP contribution is -2.24. The van der Waals surface area contributed by atoms with E-state index in [1.165, 1.54) is 0 Å². The maximum Gasteiger partial charge on any atom is 0.323 e. The number of benzene rings is 2. The van der Waals surface area contributed by atoms with E-state index in [9.17, 15) is 9.59 Å². The average Bonchev–Trinajstić information content (AvgIpc) is 2.84. The minimum absolute atomic E-state index is 0.0201. The minimum atomic E-state index is -0.226. The number of imidazole rings is 1. The van der Waals surface area contributed by atoms with E-state index >= 15 is 0 Å². The van der Waals surface area contributed by atoms with E-state index in [0.29, 0.717) is 13.0 Å². The van der Waals surface area contributed by atoms with Gasteiger partial charge in [0.1, 0.15) is 0 Å². The standard InChI is InChI=1S/C17H17N3O2/c1-11-3-2-4-12(7-11)9-16(21)18-10-13-5-6-14-15(8-13)20-17(22)19-14/h2-8H,9-10H2,1H3,(H,18,21)(H2,19,20,22). The van der Waals surface area contributed by atoms with Crippen molar-refractivity contribution in [3.05, 3.63) is 69.6 Å². The zero-order valence-corrected chi connectivity index (χ0v) is 12.3. The van der Waals surface area contributed by atoms with E-state index in [0.717, 1.165) is 27.7 Å². The van der Waals surface area contributed by atoms with Crippen LogP contribution in [0.3, 0.4) is 0 Å². The van der Waals surface area contributed by atoms with Crippen molar-refractivity contribution in [3.63, 3.8) is 0 Å². The fourth-order valence-electron chi connectivity index (χ4n) is 2.46. The first-order valence-corrected chi connectivity index (χ1v) is 7.13. The second-order valence-electron chi connectivity index (χ2n) is 5.40. The van der Waals surface area contributed by atoms with Crippen LogP contribution in [-0.2, 0) is 17.8 Å². The van der Waals surface area contributed by atoms with E-state index in [2.05, 4.69) is 15.3 Å². The zero-order valence-electron chi connectivity index (χ0n) is 12.3. The van der Waals surface area contributed by atoms with Crippen molar-refractivity contribution >= 4 is 16.9 Å². The van der Waals surface area contributed by atoms with Crippen LogP contribution < -0.4 is 11.0 Å². The van der Waals surface area contributed by atoms with Crippen molar-refractivity contribution < 1.29 is 4.79 Å².